The predicted octanol–water partition coefficient (Wildman–Crippen LogP) is 2.35. The number of aromatic nitrogens is 1. The van der Waals surface area contributed by atoms with Crippen LogP contribution in [0, 0.1) is 6.92 Å². The molecule has 2 heterocycles. The standard InChI is InChI=1S/C14H15N3OS/c1-9-7-16-13(19-9)8-17-14(18)11-3-2-10-4-5-15-12(10)6-11/h2-3,6-7,15H,4-5,8H2,1H3,(H,17,18). The minimum Gasteiger partial charge on any atom is -0.384 e. The molecule has 5 heteroatoms. The summed E-state index contributed by atoms with van der Waals surface area (Å²) in [6, 6.07) is 5.83. The van der Waals surface area contributed by atoms with Crippen LogP contribution in [-0.4, -0.2) is 17.4 Å². The Balaban J connectivity index is 1.67. The highest BCUT2D eigenvalue weighted by atomic mass is 32.1. The molecule has 0 fully saturated rings. The maximum atomic E-state index is 12.1. The number of rotatable bonds is 3. The van der Waals surface area contributed by atoms with Crippen molar-refractivity contribution in [2.75, 3.05) is 11.9 Å². The van der Waals surface area contributed by atoms with Crippen molar-refractivity contribution in [3.05, 3.63) is 45.4 Å². The van der Waals surface area contributed by atoms with Gasteiger partial charge >= 0.3 is 0 Å². The van der Waals surface area contributed by atoms with Gasteiger partial charge in [0.2, 0.25) is 0 Å². The van der Waals surface area contributed by atoms with Crippen LogP contribution in [0.3, 0.4) is 0 Å². The Morgan fingerprint density at radius 2 is 2.42 bits per heavy atom. The zero-order valence-electron chi connectivity index (χ0n) is 10.7. The first-order valence-electron chi connectivity index (χ1n) is 6.29. The highest BCUT2D eigenvalue weighted by molar-refractivity contribution is 7.11. The van der Waals surface area contributed by atoms with Gasteiger partial charge in [0.25, 0.3) is 5.91 Å². The molecule has 0 unspecified atom stereocenters. The lowest BCUT2D eigenvalue weighted by Crippen LogP contribution is -2.22. The molecule has 0 radical (unpaired) electrons. The van der Waals surface area contributed by atoms with Crippen LogP contribution in [0.5, 0.6) is 0 Å². The number of carbonyl (C=O) groups is 1. The molecule has 1 amide bonds. The van der Waals surface area contributed by atoms with Gasteiger partial charge in [0, 0.05) is 28.9 Å². The van der Waals surface area contributed by atoms with Crippen molar-refractivity contribution >= 4 is 22.9 Å². The Kier molecular flexibility index (Phi) is 3.21. The number of nitrogens with one attached hydrogen (secondary N) is 2. The zero-order chi connectivity index (χ0) is 13.2. The second-order valence-electron chi connectivity index (χ2n) is 4.60. The molecule has 0 saturated heterocycles. The Morgan fingerprint density at radius 1 is 1.53 bits per heavy atom. The largest absolute Gasteiger partial charge is 0.384 e. The maximum absolute atomic E-state index is 12.1. The molecule has 4 nitrogen and oxygen atoms in total. The van der Waals surface area contributed by atoms with Gasteiger partial charge in [-0.25, -0.2) is 4.98 Å². The third-order valence-electron chi connectivity index (χ3n) is 3.15. The number of fused-ring (bicyclic) bond motifs is 1. The predicted molar refractivity (Wildman–Crippen MR) is 76.7 cm³/mol. The average molecular weight is 273 g/mol. The van der Waals surface area contributed by atoms with Gasteiger partial charge in [-0.15, -0.1) is 11.3 Å². The van der Waals surface area contributed by atoms with Gasteiger partial charge in [-0.2, -0.15) is 0 Å². The Hall–Kier alpha value is -1.88. The summed E-state index contributed by atoms with van der Waals surface area (Å²) in [4.78, 5) is 17.5. The van der Waals surface area contributed by atoms with Crippen molar-refractivity contribution in [1.82, 2.24) is 10.3 Å². The molecule has 19 heavy (non-hydrogen) atoms. The van der Waals surface area contributed by atoms with Crippen molar-refractivity contribution in [3.8, 4) is 0 Å². The molecule has 1 aromatic carbocycles. The number of hydrogen-bond donors (Lipinski definition) is 2. The van der Waals surface area contributed by atoms with E-state index in [1.165, 1.54) is 5.56 Å². The summed E-state index contributed by atoms with van der Waals surface area (Å²) in [6.45, 7) is 3.45. The van der Waals surface area contributed by atoms with Crippen LogP contribution in [0.4, 0.5) is 5.69 Å². The lowest BCUT2D eigenvalue weighted by Gasteiger charge is -2.05. The van der Waals surface area contributed by atoms with Crippen LogP contribution in [0.2, 0.25) is 0 Å². The Morgan fingerprint density at radius 3 is 3.21 bits per heavy atom. The van der Waals surface area contributed by atoms with Crippen LogP contribution in [0.25, 0.3) is 0 Å². The molecule has 98 valence electrons. The fourth-order valence-electron chi connectivity index (χ4n) is 2.17. The van der Waals surface area contributed by atoms with Crippen LogP contribution in [0.15, 0.2) is 24.4 Å². The van der Waals surface area contributed by atoms with Crippen molar-refractivity contribution in [1.29, 1.82) is 0 Å². The quantitative estimate of drug-likeness (QED) is 0.902. The highest BCUT2D eigenvalue weighted by Crippen LogP contribution is 2.23. The number of nitrogens with zero attached hydrogens (tertiary/aromatic N) is 1. The Labute approximate surface area is 115 Å². The van der Waals surface area contributed by atoms with Crippen LogP contribution in [0.1, 0.15) is 25.8 Å². The maximum Gasteiger partial charge on any atom is 0.251 e. The summed E-state index contributed by atoms with van der Waals surface area (Å²) < 4.78 is 0. The number of aryl methyl sites for hydroxylation is 1. The summed E-state index contributed by atoms with van der Waals surface area (Å²) in [7, 11) is 0. The molecule has 1 aromatic heterocycles. The third kappa shape index (κ3) is 2.61. The van der Waals surface area contributed by atoms with E-state index in [9.17, 15) is 4.79 Å². The monoisotopic (exact) mass is 273 g/mol. The molecular weight excluding hydrogens is 258 g/mol. The SMILES string of the molecule is Cc1cnc(CNC(=O)c2ccc3c(c2)NCC3)s1. The normalized spacial score (nSPS) is 12.9. The molecule has 3 rings (SSSR count). The number of anilines is 1. The van der Waals surface area contributed by atoms with Crippen molar-refractivity contribution in [2.24, 2.45) is 0 Å². The van der Waals surface area contributed by atoms with Gasteiger partial charge in [0.1, 0.15) is 5.01 Å². The smallest absolute Gasteiger partial charge is 0.251 e. The molecule has 0 aliphatic carbocycles. The second kappa shape index (κ2) is 5.01. The first-order chi connectivity index (χ1) is 9.22. The molecular formula is C14H15N3OS. The highest BCUT2D eigenvalue weighted by Gasteiger charge is 2.13. The van der Waals surface area contributed by atoms with Crippen LogP contribution < -0.4 is 10.6 Å². The van der Waals surface area contributed by atoms with E-state index in [-0.39, 0.29) is 5.91 Å². The van der Waals surface area contributed by atoms with E-state index >= 15 is 0 Å². The average Bonchev–Trinajstić information content (AvgIpc) is 3.03. The fourth-order valence-corrected chi connectivity index (χ4v) is 2.90. The summed E-state index contributed by atoms with van der Waals surface area (Å²) in [6.07, 6.45) is 2.86. The van der Waals surface area contributed by atoms with E-state index in [0.29, 0.717) is 12.1 Å². The minimum absolute atomic E-state index is 0.0515. The summed E-state index contributed by atoms with van der Waals surface area (Å²) in [5.74, 6) is -0.0515. The van der Waals surface area contributed by atoms with E-state index in [1.807, 2.05) is 31.3 Å². The fraction of sp³-hybridized carbons (Fsp3) is 0.286. The van der Waals surface area contributed by atoms with E-state index in [4.69, 9.17) is 0 Å². The lowest BCUT2D eigenvalue weighted by atomic mass is 10.1. The minimum atomic E-state index is -0.0515. The van der Waals surface area contributed by atoms with Crippen molar-refractivity contribution in [2.45, 2.75) is 19.9 Å². The van der Waals surface area contributed by atoms with E-state index < -0.39 is 0 Å². The number of benzene rings is 1. The molecule has 0 atom stereocenters. The van der Waals surface area contributed by atoms with Crippen molar-refractivity contribution < 1.29 is 4.79 Å². The van der Waals surface area contributed by atoms with Gasteiger partial charge in [0.15, 0.2) is 0 Å². The topological polar surface area (TPSA) is 54.0 Å². The van der Waals surface area contributed by atoms with Gasteiger partial charge in [-0.05, 0) is 31.0 Å². The van der Waals surface area contributed by atoms with Crippen LogP contribution in [-0.2, 0) is 13.0 Å². The molecule has 1 aliphatic heterocycles. The second-order valence-corrected chi connectivity index (χ2v) is 5.92. The zero-order valence-corrected chi connectivity index (χ0v) is 11.5. The van der Waals surface area contributed by atoms with Crippen molar-refractivity contribution in [3.63, 3.8) is 0 Å². The number of thiazole rings is 1. The lowest BCUT2D eigenvalue weighted by molar-refractivity contribution is 0.0951. The molecule has 1 aliphatic rings. The Bertz CT molecular complexity index is 621. The number of amides is 1. The van der Waals surface area contributed by atoms with Crippen LogP contribution >= 0.6 is 11.3 Å². The number of hydrogen-bond acceptors (Lipinski definition) is 4. The van der Waals surface area contributed by atoms with Gasteiger partial charge in [0.05, 0.1) is 6.54 Å². The molecule has 2 aromatic rings. The third-order valence-corrected chi connectivity index (χ3v) is 4.06. The van der Waals surface area contributed by atoms with Gasteiger partial charge in [-0.3, -0.25) is 4.79 Å². The first-order valence-corrected chi connectivity index (χ1v) is 7.10. The van der Waals surface area contributed by atoms with Gasteiger partial charge < -0.3 is 10.6 Å². The summed E-state index contributed by atoms with van der Waals surface area (Å²) in [5, 5.41) is 7.12. The van der Waals surface area contributed by atoms with Gasteiger partial charge in [-0.1, -0.05) is 6.07 Å². The summed E-state index contributed by atoms with van der Waals surface area (Å²) >= 11 is 1.61. The molecule has 0 spiro atoms. The first kappa shape index (κ1) is 12.2. The van der Waals surface area contributed by atoms with E-state index in [1.54, 1.807) is 11.3 Å². The molecule has 0 saturated carbocycles. The summed E-state index contributed by atoms with van der Waals surface area (Å²) in [5.41, 5.74) is 3.06. The van der Waals surface area contributed by atoms with E-state index in [2.05, 4.69) is 15.6 Å². The van der Waals surface area contributed by atoms with E-state index in [0.717, 1.165) is 28.5 Å². The molecule has 2 N–H and O–H groups in total. The molecule has 0 bridgehead atoms. The number of carbonyl (C=O) groups excluding carboxylic acids is 1.